The second-order valence-corrected chi connectivity index (χ2v) is 5.91. The lowest BCUT2D eigenvalue weighted by atomic mass is 10.2. The SMILES string of the molecule is O=C(Nc1ccccc1F)c1cnn2c(C(F)F)cc(C3CC3)nc12. The first-order valence-corrected chi connectivity index (χ1v) is 7.77. The molecule has 0 aliphatic heterocycles. The van der Waals surface area contributed by atoms with E-state index >= 15 is 0 Å². The summed E-state index contributed by atoms with van der Waals surface area (Å²) in [5, 5.41) is 6.29. The third-order valence-electron chi connectivity index (χ3n) is 4.11. The van der Waals surface area contributed by atoms with E-state index in [1.165, 1.54) is 30.5 Å². The molecule has 1 aromatic carbocycles. The lowest BCUT2D eigenvalue weighted by molar-refractivity contribution is 0.102. The molecule has 0 spiro atoms. The Morgan fingerprint density at radius 3 is 2.72 bits per heavy atom. The summed E-state index contributed by atoms with van der Waals surface area (Å²) in [6.45, 7) is 0. The van der Waals surface area contributed by atoms with Gasteiger partial charge in [-0.3, -0.25) is 4.79 Å². The third-order valence-corrected chi connectivity index (χ3v) is 4.11. The molecule has 25 heavy (non-hydrogen) atoms. The van der Waals surface area contributed by atoms with Crippen molar-refractivity contribution in [2.75, 3.05) is 5.32 Å². The highest BCUT2D eigenvalue weighted by Crippen LogP contribution is 2.40. The van der Waals surface area contributed by atoms with E-state index in [1.807, 2.05) is 0 Å². The standard InChI is InChI=1S/C17H13F3N4O/c18-11-3-1-2-4-12(11)23-17(25)10-8-21-24-14(15(19)20)7-13(9-5-6-9)22-16(10)24/h1-4,7-9,15H,5-6H2,(H,23,25). The van der Waals surface area contributed by atoms with Crippen molar-refractivity contribution in [2.24, 2.45) is 0 Å². The van der Waals surface area contributed by atoms with Crippen molar-refractivity contribution in [1.29, 1.82) is 0 Å². The Morgan fingerprint density at radius 1 is 1.28 bits per heavy atom. The van der Waals surface area contributed by atoms with Gasteiger partial charge in [0, 0.05) is 11.6 Å². The summed E-state index contributed by atoms with van der Waals surface area (Å²) >= 11 is 0. The molecule has 0 saturated heterocycles. The van der Waals surface area contributed by atoms with Crippen LogP contribution in [0.5, 0.6) is 0 Å². The third kappa shape index (κ3) is 2.84. The highest BCUT2D eigenvalue weighted by Gasteiger charge is 2.29. The van der Waals surface area contributed by atoms with E-state index in [4.69, 9.17) is 0 Å². The lowest BCUT2D eigenvalue weighted by Crippen LogP contribution is -2.14. The minimum atomic E-state index is -2.75. The fraction of sp³-hybridized carbons (Fsp3) is 0.235. The number of nitrogens with one attached hydrogen (secondary N) is 1. The molecule has 4 rings (SSSR count). The number of halogens is 3. The van der Waals surface area contributed by atoms with Gasteiger partial charge < -0.3 is 5.32 Å². The molecule has 1 fully saturated rings. The topological polar surface area (TPSA) is 59.3 Å². The highest BCUT2D eigenvalue weighted by molar-refractivity contribution is 6.08. The average molecular weight is 346 g/mol. The number of fused-ring (bicyclic) bond motifs is 1. The van der Waals surface area contributed by atoms with Crippen LogP contribution in [-0.2, 0) is 0 Å². The van der Waals surface area contributed by atoms with Gasteiger partial charge in [0.05, 0.1) is 11.9 Å². The molecule has 1 aliphatic rings. The zero-order valence-corrected chi connectivity index (χ0v) is 12.9. The maximum Gasteiger partial charge on any atom is 0.280 e. The fourth-order valence-corrected chi connectivity index (χ4v) is 2.66. The van der Waals surface area contributed by atoms with Gasteiger partial charge in [0.25, 0.3) is 12.3 Å². The molecule has 8 heteroatoms. The molecule has 2 aromatic heterocycles. The summed E-state index contributed by atoms with van der Waals surface area (Å²) in [6.07, 6.45) is 0.194. The number of amides is 1. The quantitative estimate of drug-likeness (QED) is 0.778. The van der Waals surface area contributed by atoms with Crippen molar-refractivity contribution in [3.63, 3.8) is 0 Å². The number of hydrogen-bond acceptors (Lipinski definition) is 3. The smallest absolute Gasteiger partial charge is 0.280 e. The number of rotatable bonds is 4. The Bertz CT molecular complexity index is 966. The van der Waals surface area contributed by atoms with Crippen LogP contribution in [0.2, 0.25) is 0 Å². The van der Waals surface area contributed by atoms with Crippen molar-refractivity contribution < 1.29 is 18.0 Å². The van der Waals surface area contributed by atoms with Crippen molar-refractivity contribution in [3.05, 3.63) is 59.3 Å². The van der Waals surface area contributed by atoms with Crippen LogP contribution in [0.1, 0.15) is 46.9 Å². The summed E-state index contributed by atoms with van der Waals surface area (Å²) < 4.78 is 41.3. The molecule has 3 aromatic rings. The van der Waals surface area contributed by atoms with E-state index in [9.17, 15) is 18.0 Å². The Morgan fingerprint density at radius 2 is 2.04 bits per heavy atom. The largest absolute Gasteiger partial charge is 0.319 e. The molecule has 2 heterocycles. The first-order valence-electron chi connectivity index (χ1n) is 7.77. The molecular weight excluding hydrogens is 333 g/mol. The van der Waals surface area contributed by atoms with E-state index in [2.05, 4.69) is 15.4 Å². The number of carbonyl (C=O) groups excluding carboxylic acids is 1. The number of hydrogen-bond donors (Lipinski definition) is 1. The van der Waals surface area contributed by atoms with E-state index in [0.717, 1.165) is 17.4 Å². The zero-order chi connectivity index (χ0) is 17.6. The average Bonchev–Trinajstić information content (AvgIpc) is 3.35. The van der Waals surface area contributed by atoms with Crippen molar-refractivity contribution in [2.45, 2.75) is 25.2 Å². The molecule has 0 radical (unpaired) electrons. The van der Waals surface area contributed by atoms with Gasteiger partial charge in [0.1, 0.15) is 17.1 Å². The number of alkyl halides is 2. The monoisotopic (exact) mass is 346 g/mol. The minimum Gasteiger partial charge on any atom is -0.319 e. The molecule has 1 amide bonds. The zero-order valence-electron chi connectivity index (χ0n) is 12.9. The maximum atomic E-state index is 13.7. The molecule has 1 N–H and O–H groups in total. The number of carbonyl (C=O) groups is 1. The number of benzene rings is 1. The fourth-order valence-electron chi connectivity index (χ4n) is 2.66. The predicted molar refractivity (Wildman–Crippen MR) is 84.3 cm³/mol. The molecule has 1 saturated carbocycles. The molecule has 5 nitrogen and oxygen atoms in total. The lowest BCUT2D eigenvalue weighted by Gasteiger charge is -2.08. The summed E-state index contributed by atoms with van der Waals surface area (Å²) in [5.74, 6) is -1.10. The number of aromatic nitrogens is 3. The van der Waals surface area contributed by atoms with Crippen LogP contribution in [0.15, 0.2) is 36.5 Å². The first kappa shape index (κ1) is 15.6. The molecule has 0 bridgehead atoms. The van der Waals surface area contributed by atoms with E-state index < -0.39 is 18.1 Å². The molecular formula is C17H13F3N4O. The Balaban J connectivity index is 1.77. The summed E-state index contributed by atoms with van der Waals surface area (Å²) in [7, 11) is 0. The van der Waals surface area contributed by atoms with Crippen LogP contribution in [0.3, 0.4) is 0 Å². The summed E-state index contributed by atoms with van der Waals surface area (Å²) in [5.41, 5.74) is 0.292. The van der Waals surface area contributed by atoms with Crippen LogP contribution >= 0.6 is 0 Å². The molecule has 0 atom stereocenters. The predicted octanol–water partition coefficient (Wildman–Crippen LogP) is 3.94. The number of anilines is 1. The molecule has 128 valence electrons. The minimum absolute atomic E-state index is 0.000666. The van der Waals surface area contributed by atoms with Gasteiger partial charge in [0.15, 0.2) is 5.65 Å². The van der Waals surface area contributed by atoms with Crippen LogP contribution < -0.4 is 5.32 Å². The van der Waals surface area contributed by atoms with Gasteiger partial charge in [-0.2, -0.15) is 5.10 Å². The molecule has 1 aliphatic carbocycles. The maximum absolute atomic E-state index is 13.7. The van der Waals surface area contributed by atoms with Gasteiger partial charge in [-0.25, -0.2) is 22.7 Å². The summed E-state index contributed by atoms with van der Waals surface area (Å²) in [4.78, 5) is 16.8. The van der Waals surface area contributed by atoms with Crippen molar-refractivity contribution in [1.82, 2.24) is 14.6 Å². The first-order chi connectivity index (χ1) is 12.0. The van der Waals surface area contributed by atoms with Gasteiger partial charge in [-0.05, 0) is 31.0 Å². The van der Waals surface area contributed by atoms with E-state index in [1.54, 1.807) is 6.07 Å². The molecule has 0 unspecified atom stereocenters. The van der Waals surface area contributed by atoms with Gasteiger partial charge in [-0.1, -0.05) is 12.1 Å². The van der Waals surface area contributed by atoms with E-state index in [0.29, 0.717) is 5.69 Å². The van der Waals surface area contributed by atoms with Crippen LogP contribution in [0, 0.1) is 5.82 Å². The van der Waals surface area contributed by atoms with E-state index in [-0.39, 0.29) is 28.5 Å². The van der Waals surface area contributed by atoms with Gasteiger partial charge in [0.2, 0.25) is 0 Å². The highest BCUT2D eigenvalue weighted by atomic mass is 19.3. The van der Waals surface area contributed by atoms with Crippen LogP contribution in [0.4, 0.5) is 18.9 Å². The number of nitrogens with zero attached hydrogens (tertiary/aromatic N) is 3. The van der Waals surface area contributed by atoms with Crippen molar-refractivity contribution in [3.8, 4) is 0 Å². The Labute approximate surface area is 140 Å². The van der Waals surface area contributed by atoms with Crippen molar-refractivity contribution >= 4 is 17.2 Å². The normalized spacial score (nSPS) is 14.2. The van der Waals surface area contributed by atoms with Crippen LogP contribution in [-0.4, -0.2) is 20.5 Å². The van der Waals surface area contributed by atoms with Gasteiger partial charge in [-0.15, -0.1) is 0 Å². The Kier molecular flexibility index (Phi) is 3.67. The summed E-state index contributed by atoms with van der Waals surface area (Å²) in [6, 6.07) is 7.03. The second kappa shape index (κ2) is 5.87. The second-order valence-electron chi connectivity index (χ2n) is 5.91. The number of para-hydroxylation sites is 1. The Hall–Kier alpha value is -2.90. The van der Waals surface area contributed by atoms with Gasteiger partial charge >= 0.3 is 0 Å². The van der Waals surface area contributed by atoms with Crippen LogP contribution in [0.25, 0.3) is 5.65 Å².